The number of aliphatic hydroxyl groups is 1. The molecule has 0 bridgehead atoms. The summed E-state index contributed by atoms with van der Waals surface area (Å²) in [5.41, 5.74) is 6.63. The van der Waals surface area contributed by atoms with E-state index in [1.807, 2.05) is 13.8 Å². The summed E-state index contributed by atoms with van der Waals surface area (Å²) in [6, 6.07) is 5.59. The summed E-state index contributed by atoms with van der Waals surface area (Å²) in [6.45, 7) is 3.83. The molecule has 5 N–H and O–H groups in total. The highest BCUT2D eigenvalue weighted by Crippen LogP contribution is 2.18. The fourth-order valence-corrected chi connectivity index (χ4v) is 4.43. The molecule has 0 saturated carbocycles. The van der Waals surface area contributed by atoms with Crippen molar-refractivity contribution in [2.75, 3.05) is 13.2 Å². The zero-order valence-corrected chi connectivity index (χ0v) is 23.2. The molecule has 9 nitrogen and oxygen atoms in total. The maximum atomic E-state index is 13.3. The minimum atomic E-state index is -0.789. The first-order chi connectivity index (χ1) is 18.7. The largest absolute Gasteiger partial charge is 0.392 e. The van der Waals surface area contributed by atoms with Crippen molar-refractivity contribution < 1.29 is 29.0 Å². The predicted octanol–water partition coefficient (Wildman–Crippen LogP) is 2.81. The number of ether oxygens (including phenoxy) is 1. The number of hydrogen-bond acceptors (Lipinski definition) is 6. The zero-order chi connectivity index (χ0) is 28.6. The van der Waals surface area contributed by atoms with Crippen LogP contribution in [0.25, 0.3) is 0 Å². The normalized spacial score (nSPS) is 16.7. The minimum Gasteiger partial charge on any atom is -0.392 e. The minimum absolute atomic E-state index is 0.0103. The van der Waals surface area contributed by atoms with Crippen molar-refractivity contribution in [2.24, 2.45) is 17.6 Å². The van der Waals surface area contributed by atoms with Crippen molar-refractivity contribution in [1.29, 1.82) is 0 Å². The van der Waals surface area contributed by atoms with Gasteiger partial charge in [-0.15, -0.1) is 5.92 Å². The fourth-order valence-electron chi connectivity index (χ4n) is 4.43. The van der Waals surface area contributed by atoms with Crippen LogP contribution in [0, 0.1) is 23.7 Å². The highest BCUT2D eigenvalue weighted by Gasteiger charge is 2.29. The van der Waals surface area contributed by atoms with Gasteiger partial charge in [-0.25, -0.2) is 4.79 Å². The Labute approximate surface area is 231 Å². The second-order valence-electron chi connectivity index (χ2n) is 10.4. The molecule has 0 aliphatic heterocycles. The van der Waals surface area contributed by atoms with E-state index in [9.17, 15) is 24.3 Å². The molecule has 1 aromatic carbocycles. The lowest BCUT2D eigenvalue weighted by Crippen LogP contribution is -2.46. The molecular formula is C30H43N3O6. The fraction of sp³-hybridized carbons (Fsp3) is 0.600. The molecule has 0 heterocycles. The molecule has 9 heteroatoms. The number of urea groups is 1. The second-order valence-corrected chi connectivity index (χ2v) is 10.4. The number of hydrogen-bond donors (Lipinski definition) is 4. The maximum Gasteiger partial charge on any atom is 0.312 e. The van der Waals surface area contributed by atoms with Gasteiger partial charge >= 0.3 is 6.03 Å². The summed E-state index contributed by atoms with van der Waals surface area (Å²) in [5.74, 6) is 4.71. The number of amides is 3. The first kappa shape index (κ1) is 32.0. The van der Waals surface area contributed by atoms with Gasteiger partial charge in [0.25, 0.3) is 0 Å². The lowest BCUT2D eigenvalue weighted by atomic mass is 9.89. The number of Topliss-reactive ketones (excluding diaryl/α,β-unsaturated/α-hetero) is 2. The lowest BCUT2D eigenvalue weighted by molar-refractivity contribution is -0.135. The van der Waals surface area contributed by atoms with Crippen LogP contribution >= 0.6 is 0 Å². The van der Waals surface area contributed by atoms with E-state index < -0.39 is 18.0 Å². The average Bonchev–Trinajstić information content (AvgIpc) is 2.88. The Morgan fingerprint density at radius 2 is 1.82 bits per heavy atom. The van der Waals surface area contributed by atoms with Gasteiger partial charge in [0.1, 0.15) is 12.7 Å². The van der Waals surface area contributed by atoms with Crippen molar-refractivity contribution in [3.8, 4) is 11.8 Å². The Bertz CT molecular complexity index is 1010. The number of nitrogens with two attached hydrogens (primary N) is 1. The van der Waals surface area contributed by atoms with Gasteiger partial charge in [-0.2, -0.15) is 0 Å². The summed E-state index contributed by atoms with van der Waals surface area (Å²) in [7, 11) is 0. The molecular weight excluding hydrogens is 498 g/mol. The summed E-state index contributed by atoms with van der Waals surface area (Å²) in [4.78, 5) is 50.3. The first-order valence-corrected chi connectivity index (χ1v) is 13.9. The molecule has 1 aliphatic rings. The Morgan fingerprint density at radius 1 is 1.10 bits per heavy atom. The Kier molecular flexibility index (Phi) is 14.3. The van der Waals surface area contributed by atoms with E-state index in [1.165, 1.54) is 0 Å². The smallest absolute Gasteiger partial charge is 0.312 e. The third-order valence-corrected chi connectivity index (χ3v) is 6.82. The third kappa shape index (κ3) is 12.5. The van der Waals surface area contributed by atoms with Gasteiger partial charge in [-0.05, 0) is 49.1 Å². The van der Waals surface area contributed by atoms with Crippen molar-refractivity contribution in [3.05, 3.63) is 35.4 Å². The van der Waals surface area contributed by atoms with Gasteiger partial charge in [0.05, 0.1) is 12.6 Å². The number of ketones is 2. The van der Waals surface area contributed by atoms with E-state index in [-0.39, 0.29) is 62.1 Å². The predicted molar refractivity (Wildman–Crippen MR) is 148 cm³/mol. The lowest BCUT2D eigenvalue weighted by Gasteiger charge is -2.24. The van der Waals surface area contributed by atoms with E-state index >= 15 is 0 Å². The molecule has 214 valence electrons. The molecule has 1 aliphatic carbocycles. The van der Waals surface area contributed by atoms with Crippen molar-refractivity contribution in [2.45, 2.75) is 90.4 Å². The standard InChI is InChI=1S/C30H43N3O6/c1-21(2)26(18-24(35)20-39-25-9-6-4-3-5-7-10-25)29(37)33-27(11-8-16-32-30(31)38)28(36)17-22-12-14-23(19-34)15-13-22/h12-15,21,25-27,34H,3-6,8-9,11,16-20H2,1-2H3,(H,33,37)(H3,31,32,38)/t25?,26-,27?/m0/s1. The van der Waals surface area contributed by atoms with E-state index in [1.54, 1.807) is 24.3 Å². The highest BCUT2D eigenvalue weighted by molar-refractivity contribution is 5.93. The van der Waals surface area contributed by atoms with E-state index in [2.05, 4.69) is 22.5 Å². The van der Waals surface area contributed by atoms with Gasteiger partial charge in [0, 0.05) is 31.7 Å². The average molecular weight is 542 g/mol. The molecule has 3 amide bonds. The Balaban J connectivity index is 2.01. The zero-order valence-electron chi connectivity index (χ0n) is 23.2. The summed E-state index contributed by atoms with van der Waals surface area (Å²) in [5, 5.41) is 14.6. The van der Waals surface area contributed by atoms with E-state index in [4.69, 9.17) is 10.5 Å². The molecule has 0 spiro atoms. The summed E-state index contributed by atoms with van der Waals surface area (Å²) in [6.07, 6.45) is 5.44. The van der Waals surface area contributed by atoms with Crippen LogP contribution in [0.15, 0.2) is 24.3 Å². The molecule has 1 aromatic rings. The summed E-state index contributed by atoms with van der Waals surface area (Å²) >= 11 is 0. The summed E-state index contributed by atoms with van der Waals surface area (Å²) < 4.78 is 5.76. The van der Waals surface area contributed by atoms with Gasteiger partial charge in [-0.1, -0.05) is 50.5 Å². The number of nitrogens with one attached hydrogen (secondary N) is 2. The SMILES string of the molecule is CC(C)[C@H](CC(=O)COC1C#CCCCCC1)C(=O)NC(CCCNC(N)=O)C(=O)Cc1ccc(CO)cc1. The molecule has 0 fully saturated rings. The number of aliphatic hydroxyl groups excluding tert-OH is 1. The number of rotatable bonds is 16. The van der Waals surface area contributed by atoms with Gasteiger partial charge in [0.2, 0.25) is 5.91 Å². The van der Waals surface area contributed by atoms with Crippen LogP contribution in [-0.4, -0.2) is 53.9 Å². The van der Waals surface area contributed by atoms with Crippen molar-refractivity contribution in [1.82, 2.24) is 10.6 Å². The quantitative estimate of drug-likeness (QED) is 0.187. The van der Waals surface area contributed by atoms with Gasteiger partial charge in [0.15, 0.2) is 11.6 Å². The number of carbonyl (C=O) groups is 4. The van der Waals surface area contributed by atoms with Crippen LogP contribution in [0.2, 0.25) is 0 Å². The topological polar surface area (TPSA) is 148 Å². The Hall–Kier alpha value is -3.22. The van der Waals surface area contributed by atoms with Crippen LogP contribution in [-0.2, 0) is 32.1 Å². The molecule has 0 radical (unpaired) electrons. The molecule has 39 heavy (non-hydrogen) atoms. The van der Waals surface area contributed by atoms with E-state index in [0.717, 1.165) is 43.2 Å². The monoisotopic (exact) mass is 541 g/mol. The first-order valence-electron chi connectivity index (χ1n) is 13.9. The van der Waals surface area contributed by atoms with Crippen molar-refractivity contribution >= 4 is 23.5 Å². The maximum absolute atomic E-state index is 13.3. The van der Waals surface area contributed by atoms with E-state index in [0.29, 0.717) is 12.8 Å². The third-order valence-electron chi connectivity index (χ3n) is 6.82. The van der Waals surface area contributed by atoms with Crippen LogP contribution < -0.4 is 16.4 Å². The number of carbonyl (C=O) groups excluding carboxylic acids is 4. The van der Waals surface area contributed by atoms with Crippen molar-refractivity contribution in [3.63, 3.8) is 0 Å². The molecule has 0 saturated heterocycles. The van der Waals surface area contributed by atoms with Crippen LogP contribution in [0.3, 0.4) is 0 Å². The van der Waals surface area contributed by atoms with Crippen LogP contribution in [0.5, 0.6) is 0 Å². The highest BCUT2D eigenvalue weighted by atomic mass is 16.5. The van der Waals surface area contributed by atoms with Crippen LogP contribution in [0.4, 0.5) is 4.79 Å². The second kappa shape index (κ2) is 17.4. The van der Waals surface area contributed by atoms with Crippen LogP contribution in [0.1, 0.15) is 76.3 Å². The van der Waals surface area contributed by atoms with Gasteiger partial charge in [-0.3, -0.25) is 14.4 Å². The molecule has 3 atom stereocenters. The molecule has 2 rings (SSSR count). The number of benzene rings is 1. The molecule has 0 aromatic heterocycles. The number of primary amides is 1. The van der Waals surface area contributed by atoms with Gasteiger partial charge < -0.3 is 26.2 Å². The Morgan fingerprint density at radius 3 is 2.49 bits per heavy atom. The molecule has 2 unspecified atom stereocenters.